The molecule has 0 spiro atoms. The van der Waals surface area contributed by atoms with E-state index in [2.05, 4.69) is 10.4 Å². The quantitative estimate of drug-likeness (QED) is 0.917. The van der Waals surface area contributed by atoms with Crippen LogP contribution in [0.1, 0.15) is 57.4 Å². The second-order valence-corrected chi connectivity index (χ2v) is 6.87. The molecule has 20 heavy (non-hydrogen) atoms. The van der Waals surface area contributed by atoms with Crippen LogP contribution in [-0.2, 0) is 4.79 Å². The Bertz CT molecular complexity index is 504. The van der Waals surface area contributed by atoms with Crippen molar-refractivity contribution >= 4 is 11.7 Å². The third-order valence-electron chi connectivity index (χ3n) is 5.67. The maximum atomic E-state index is 12.5. The van der Waals surface area contributed by atoms with Gasteiger partial charge in [0, 0.05) is 12.0 Å². The van der Waals surface area contributed by atoms with Gasteiger partial charge in [-0.3, -0.25) is 4.79 Å². The molecule has 4 rings (SSSR count). The van der Waals surface area contributed by atoms with Crippen LogP contribution in [0.15, 0.2) is 12.3 Å². The molecule has 0 saturated heterocycles. The van der Waals surface area contributed by atoms with Crippen LogP contribution in [0.3, 0.4) is 0 Å². The highest BCUT2D eigenvalue weighted by atomic mass is 16.2. The Morgan fingerprint density at radius 1 is 1.20 bits per heavy atom. The second-order valence-electron chi connectivity index (χ2n) is 6.87. The molecule has 1 aromatic heterocycles. The van der Waals surface area contributed by atoms with Crippen LogP contribution in [0, 0.1) is 17.8 Å². The molecule has 1 heterocycles. The molecule has 0 radical (unpaired) electrons. The van der Waals surface area contributed by atoms with Gasteiger partial charge in [-0.05, 0) is 43.9 Å². The molecule has 3 atom stereocenters. The SMILES string of the molecule is O=C(Nc1ccnn1C1CCCC1)[C@H]1C[C@H]2CC[C@H]1C2. The average molecular weight is 273 g/mol. The third-order valence-corrected chi connectivity index (χ3v) is 5.67. The highest BCUT2D eigenvalue weighted by Crippen LogP contribution is 2.48. The van der Waals surface area contributed by atoms with E-state index in [1.54, 1.807) is 0 Å². The molecule has 3 aliphatic rings. The van der Waals surface area contributed by atoms with Gasteiger partial charge in [-0.1, -0.05) is 19.3 Å². The number of carbonyl (C=O) groups excluding carboxylic acids is 1. The number of anilines is 1. The van der Waals surface area contributed by atoms with E-state index in [1.165, 1.54) is 44.9 Å². The molecule has 3 aliphatic carbocycles. The number of hydrogen-bond donors (Lipinski definition) is 1. The molecule has 4 heteroatoms. The van der Waals surface area contributed by atoms with Gasteiger partial charge in [0.2, 0.25) is 5.91 Å². The summed E-state index contributed by atoms with van der Waals surface area (Å²) in [4.78, 5) is 12.5. The molecule has 1 aromatic rings. The Kier molecular flexibility index (Phi) is 3.04. The number of rotatable bonds is 3. The van der Waals surface area contributed by atoms with Crippen molar-refractivity contribution < 1.29 is 4.79 Å². The first kappa shape index (κ1) is 12.4. The lowest BCUT2D eigenvalue weighted by molar-refractivity contribution is -0.121. The summed E-state index contributed by atoms with van der Waals surface area (Å²) in [5, 5.41) is 7.58. The molecule has 108 valence electrons. The summed E-state index contributed by atoms with van der Waals surface area (Å²) in [5.74, 6) is 2.85. The maximum absolute atomic E-state index is 12.5. The van der Waals surface area contributed by atoms with Crippen molar-refractivity contribution in [2.24, 2.45) is 17.8 Å². The van der Waals surface area contributed by atoms with Crippen LogP contribution in [0.4, 0.5) is 5.82 Å². The van der Waals surface area contributed by atoms with E-state index in [1.807, 2.05) is 16.9 Å². The van der Waals surface area contributed by atoms with E-state index < -0.39 is 0 Å². The van der Waals surface area contributed by atoms with Crippen molar-refractivity contribution in [3.05, 3.63) is 12.3 Å². The first-order chi connectivity index (χ1) is 9.81. The third kappa shape index (κ3) is 2.05. The Labute approximate surface area is 119 Å². The van der Waals surface area contributed by atoms with Crippen LogP contribution < -0.4 is 5.32 Å². The lowest BCUT2D eigenvalue weighted by Gasteiger charge is -2.22. The zero-order valence-electron chi connectivity index (χ0n) is 11.9. The van der Waals surface area contributed by atoms with E-state index in [0.717, 1.165) is 18.2 Å². The molecule has 4 nitrogen and oxygen atoms in total. The maximum Gasteiger partial charge on any atom is 0.228 e. The van der Waals surface area contributed by atoms with E-state index in [4.69, 9.17) is 0 Å². The van der Waals surface area contributed by atoms with Gasteiger partial charge in [-0.15, -0.1) is 0 Å². The molecular weight excluding hydrogens is 250 g/mol. The van der Waals surface area contributed by atoms with Crippen molar-refractivity contribution in [1.29, 1.82) is 0 Å². The molecule has 0 aromatic carbocycles. The molecule has 3 saturated carbocycles. The summed E-state index contributed by atoms with van der Waals surface area (Å²) in [6.07, 6.45) is 11.7. The Morgan fingerprint density at radius 2 is 2.05 bits per heavy atom. The van der Waals surface area contributed by atoms with E-state index in [9.17, 15) is 4.79 Å². The van der Waals surface area contributed by atoms with Crippen LogP contribution in [0.2, 0.25) is 0 Å². The van der Waals surface area contributed by atoms with Crippen LogP contribution >= 0.6 is 0 Å². The second kappa shape index (κ2) is 4.90. The van der Waals surface area contributed by atoms with Gasteiger partial charge in [0.05, 0.1) is 12.2 Å². The fourth-order valence-corrected chi connectivity index (χ4v) is 4.64. The van der Waals surface area contributed by atoms with Crippen molar-refractivity contribution in [3.63, 3.8) is 0 Å². The average Bonchev–Trinajstić information content (AvgIpc) is 3.22. The van der Waals surface area contributed by atoms with Gasteiger partial charge < -0.3 is 5.32 Å². The molecule has 1 amide bonds. The van der Waals surface area contributed by atoms with Crippen molar-refractivity contribution in [3.8, 4) is 0 Å². The van der Waals surface area contributed by atoms with E-state index in [0.29, 0.717) is 12.0 Å². The standard InChI is InChI=1S/C16H23N3O/c20-16(14-10-11-5-6-12(14)9-11)18-15-7-8-17-19(15)13-3-1-2-4-13/h7-8,11-14H,1-6,9-10H2,(H,18,20)/t11-,12-,14-/m0/s1. The molecule has 0 unspecified atom stereocenters. The summed E-state index contributed by atoms with van der Waals surface area (Å²) in [6, 6.07) is 2.43. The van der Waals surface area contributed by atoms with E-state index >= 15 is 0 Å². The lowest BCUT2D eigenvalue weighted by Crippen LogP contribution is -2.28. The number of carbonyl (C=O) groups is 1. The summed E-state index contributed by atoms with van der Waals surface area (Å²) in [6.45, 7) is 0. The topological polar surface area (TPSA) is 46.9 Å². The van der Waals surface area contributed by atoms with Gasteiger partial charge in [-0.25, -0.2) is 4.68 Å². The smallest absolute Gasteiger partial charge is 0.228 e. The van der Waals surface area contributed by atoms with E-state index in [-0.39, 0.29) is 11.8 Å². The summed E-state index contributed by atoms with van der Waals surface area (Å²) in [7, 11) is 0. The minimum atomic E-state index is 0.233. The van der Waals surface area contributed by atoms with Gasteiger partial charge in [-0.2, -0.15) is 5.10 Å². The molecule has 1 N–H and O–H groups in total. The number of fused-ring (bicyclic) bond motifs is 2. The number of hydrogen-bond acceptors (Lipinski definition) is 2. The zero-order chi connectivity index (χ0) is 13.5. The molecular formula is C16H23N3O. The molecule has 0 aliphatic heterocycles. The molecule has 2 bridgehead atoms. The highest BCUT2D eigenvalue weighted by Gasteiger charge is 2.43. The van der Waals surface area contributed by atoms with Crippen molar-refractivity contribution in [1.82, 2.24) is 9.78 Å². The van der Waals surface area contributed by atoms with Crippen molar-refractivity contribution in [2.45, 2.75) is 57.4 Å². The summed E-state index contributed by atoms with van der Waals surface area (Å²) in [5.41, 5.74) is 0. The number of amides is 1. The summed E-state index contributed by atoms with van der Waals surface area (Å²) < 4.78 is 2.04. The number of aromatic nitrogens is 2. The normalized spacial score (nSPS) is 32.9. The first-order valence-corrected chi connectivity index (χ1v) is 8.15. The monoisotopic (exact) mass is 273 g/mol. The predicted octanol–water partition coefficient (Wildman–Crippen LogP) is 3.37. The van der Waals surface area contributed by atoms with Gasteiger partial charge >= 0.3 is 0 Å². The first-order valence-electron chi connectivity index (χ1n) is 8.15. The molecule has 3 fully saturated rings. The fourth-order valence-electron chi connectivity index (χ4n) is 4.64. The Hall–Kier alpha value is -1.32. The number of nitrogens with one attached hydrogen (secondary N) is 1. The van der Waals surface area contributed by atoms with Gasteiger partial charge in [0.1, 0.15) is 5.82 Å². The van der Waals surface area contributed by atoms with Gasteiger partial charge in [0.25, 0.3) is 0 Å². The zero-order valence-corrected chi connectivity index (χ0v) is 11.9. The number of nitrogens with zero attached hydrogens (tertiary/aromatic N) is 2. The van der Waals surface area contributed by atoms with Crippen LogP contribution in [0.25, 0.3) is 0 Å². The largest absolute Gasteiger partial charge is 0.311 e. The Morgan fingerprint density at radius 3 is 2.75 bits per heavy atom. The summed E-state index contributed by atoms with van der Waals surface area (Å²) >= 11 is 0. The van der Waals surface area contributed by atoms with Crippen LogP contribution in [-0.4, -0.2) is 15.7 Å². The minimum Gasteiger partial charge on any atom is -0.311 e. The highest BCUT2D eigenvalue weighted by molar-refractivity contribution is 5.92. The lowest BCUT2D eigenvalue weighted by atomic mass is 9.88. The fraction of sp³-hybridized carbons (Fsp3) is 0.750. The minimum absolute atomic E-state index is 0.233. The van der Waals surface area contributed by atoms with Crippen LogP contribution in [0.5, 0.6) is 0 Å². The van der Waals surface area contributed by atoms with Gasteiger partial charge in [0.15, 0.2) is 0 Å². The van der Waals surface area contributed by atoms with Crippen molar-refractivity contribution in [2.75, 3.05) is 5.32 Å². The Balaban J connectivity index is 1.46. The predicted molar refractivity (Wildman–Crippen MR) is 77.3 cm³/mol.